The molecule has 6 nitrogen and oxygen atoms in total. The molecule has 1 aromatic carbocycles. The highest BCUT2D eigenvalue weighted by atomic mass is 16.3. The van der Waals surface area contributed by atoms with Gasteiger partial charge in [-0.25, -0.2) is 0 Å². The first-order valence-electron chi connectivity index (χ1n) is 12.1. The van der Waals surface area contributed by atoms with Crippen molar-refractivity contribution in [2.45, 2.75) is 44.1 Å². The SMILES string of the molecule is CN1CCN(c2ccccc2C[C@@H]2CCN(c3ccc(C4(O)CCCC4)nc3)C2=O)CC1. The third-order valence-electron chi connectivity index (χ3n) is 7.59. The van der Waals surface area contributed by atoms with Gasteiger partial charge in [-0.3, -0.25) is 9.78 Å². The normalized spacial score (nSPS) is 23.8. The molecule has 1 amide bonds. The van der Waals surface area contributed by atoms with Crippen molar-refractivity contribution < 1.29 is 9.90 Å². The Morgan fingerprint density at radius 3 is 2.50 bits per heavy atom. The topological polar surface area (TPSA) is 59.9 Å². The van der Waals surface area contributed by atoms with E-state index in [9.17, 15) is 9.90 Å². The lowest BCUT2D eigenvalue weighted by molar-refractivity contribution is -0.120. The summed E-state index contributed by atoms with van der Waals surface area (Å²) in [4.78, 5) is 24.5. The second-order valence-corrected chi connectivity index (χ2v) is 9.74. The molecule has 2 aromatic rings. The molecule has 1 aromatic heterocycles. The number of amides is 1. The average molecular weight is 435 g/mol. The fourth-order valence-electron chi connectivity index (χ4n) is 5.53. The lowest BCUT2D eigenvalue weighted by Gasteiger charge is -2.35. The van der Waals surface area contributed by atoms with Crippen molar-refractivity contribution in [2.24, 2.45) is 5.92 Å². The Morgan fingerprint density at radius 2 is 1.78 bits per heavy atom. The van der Waals surface area contributed by atoms with Crippen molar-refractivity contribution in [3.63, 3.8) is 0 Å². The summed E-state index contributed by atoms with van der Waals surface area (Å²) in [6.45, 7) is 4.93. The lowest BCUT2D eigenvalue weighted by Crippen LogP contribution is -2.44. The number of likely N-dealkylation sites (N-methyl/N-ethyl adjacent to an activating group) is 1. The quantitative estimate of drug-likeness (QED) is 0.783. The number of carbonyl (C=O) groups is 1. The summed E-state index contributed by atoms with van der Waals surface area (Å²) in [5, 5.41) is 10.8. The van der Waals surface area contributed by atoms with Crippen LogP contribution in [0.2, 0.25) is 0 Å². The number of hydrogen-bond acceptors (Lipinski definition) is 5. The fourth-order valence-corrected chi connectivity index (χ4v) is 5.53. The summed E-state index contributed by atoms with van der Waals surface area (Å²) >= 11 is 0. The van der Waals surface area contributed by atoms with E-state index in [-0.39, 0.29) is 11.8 Å². The highest BCUT2D eigenvalue weighted by molar-refractivity contribution is 5.97. The third-order valence-corrected chi connectivity index (χ3v) is 7.59. The van der Waals surface area contributed by atoms with Gasteiger partial charge in [0.25, 0.3) is 0 Å². The minimum absolute atomic E-state index is 0.00214. The number of nitrogens with zero attached hydrogens (tertiary/aromatic N) is 4. The maximum Gasteiger partial charge on any atom is 0.230 e. The van der Waals surface area contributed by atoms with Gasteiger partial charge < -0.3 is 19.8 Å². The van der Waals surface area contributed by atoms with Gasteiger partial charge in [-0.2, -0.15) is 0 Å². The molecule has 0 spiro atoms. The smallest absolute Gasteiger partial charge is 0.230 e. The van der Waals surface area contributed by atoms with E-state index in [0.29, 0.717) is 0 Å². The molecular formula is C26H34N4O2. The van der Waals surface area contributed by atoms with Gasteiger partial charge in [-0.1, -0.05) is 31.0 Å². The van der Waals surface area contributed by atoms with Gasteiger partial charge >= 0.3 is 0 Å². The second kappa shape index (κ2) is 8.83. The zero-order valence-corrected chi connectivity index (χ0v) is 19.0. The van der Waals surface area contributed by atoms with E-state index in [2.05, 4.69) is 46.1 Å². The van der Waals surface area contributed by atoms with Crippen LogP contribution in [0.4, 0.5) is 11.4 Å². The maximum absolute atomic E-state index is 13.3. The van der Waals surface area contributed by atoms with Crippen molar-refractivity contribution in [3.05, 3.63) is 53.9 Å². The van der Waals surface area contributed by atoms with E-state index in [0.717, 1.165) is 82.6 Å². The van der Waals surface area contributed by atoms with Crippen molar-refractivity contribution in [1.82, 2.24) is 9.88 Å². The number of carbonyl (C=O) groups excluding carboxylic acids is 1. The number of rotatable bonds is 5. The van der Waals surface area contributed by atoms with Crippen LogP contribution >= 0.6 is 0 Å². The Balaban J connectivity index is 1.27. The fraction of sp³-hybridized carbons (Fsp3) is 0.538. The Hall–Kier alpha value is -2.44. The zero-order chi connectivity index (χ0) is 22.1. The molecule has 1 atom stereocenters. The molecule has 3 fully saturated rings. The molecule has 1 saturated carbocycles. The number of anilines is 2. The van der Waals surface area contributed by atoms with Crippen LogP contribution in [0.25, 0.3) is 0 Å². The van der Waals surface area contributed by atoms with Crippen LogP contribution in [0.1, 0.15) is 43.4 Å². The highest BCUT2D eigenvalue weighted by Crippen LogP contribution is 2.38. The van der Waals surface area contributed by atoms with Crippen LogP contribution in [0.15, 0.2) is 42.6 Å². The molecule has 0 unspecified atom stereocenters. The van der Waals surface area contributed by atoms with Gasteiger partial charge in [0.15, 0.2) is 0 Å². The van der Waals surface area contributed by atoms with Gasteiger partial charge in [0, 0.05) is 44.3 Å². The van der Waals surface area contributed by atoms with Crippen LogP contribution in [-0.4, -0.2) is 60.7 Å². The minimum Gasteiger partial charge on any atom is -0.384 e. The summed E-state index contributed by atoms with van der Waals surface area (Å²) in [5.41, 5.74) is 3.35. The van der Waals surface area contributed by atoms with Crippen molar-refractivity contribution in [1.29, 1.82) is 0 Å². The molecule has 2 saturated heterocycles. The average Bonchev–Trinajstić information content (AvgIpc) is 3.42. The van der Waals surface area contributed by atoms with E-state index in [1.54, 1.807) is 6.20 Å². The van der Waals surface area contributed by atoms with Gasteiger partial charge in [-0.15, -0.1) is 0 Å². The van der Waals surface area contributed by atoms with Gasteiger partial charge in [0.2, 0.25) is 5.91 Å². The van der Waals surface area contributed by atoms with Crippen molar-refractivity contribution in [3.8, 4) is 0 Å². The zero-order valence-electron chi connectivity index (χ0n) is 19.0. The Morgan fingerprint density at radius 1 is 1.03 bits per heavy atom. The minimum atomic E-state index is -0.789. The standard InChI is InChI=1S/C26H34N4O2/c1-28-14-16-29(17-15-28)23-7-3-2-6-20(23)18-21-10-13-30(25(21)31)22-8-9-24(27-19-22)26(32)11-4-5-12-26/h2-3,6-9,19,21,32H,4-5,10-18H2,1H3/t21-/m0/s1. The number of pyridine rings is 1. The molecule has 3 heterocycles. The number of piperazine rings is 1. The molecule has 32 heavy (non-hydrogen) atoms. The summed E-state index contributed by atoms with van der Waals surface area (Å²) in [5.74, 6) is 0.189. The highest BCUT2D eigenvalue weighted by Gasteiger charge is 2.36. The Kier molecular flexibility index (Phi) is 5.91. The number of aliphatic hydroxyl groups is 1. The summed E-state index contributed by atoms with van der Waals surface area (Å²) in [7, 11) is 2.17. The molecule has 3 aliphatic rings. The van der Waals surface area contributed by atoms with Crippen molar-refractivity contribution >= 4 is 17.3 Å². The molecule has 0 bridgehead atoms. The molecule has 170 valence electrons. The van der Waals surface area contributed by atoms with Crippen LogP contribution in [0, 0.1) is 5.92 Å². The number of para-hydroxylation sites is 1. The largest absolute Gasteiger partial charge is 0.384 e. The number of hydrogen-bond donors (Lipinski definition) is 1. The first-order valence-corrected chi connectivity index (χ1v) is 12.1. The predicted molar refractivity (Wildman–Crippen MR) is 127 cm³/mol. The molecule has 6 heteroatoms. The number of aromatic nitrogens is 1. The Bertz CT molecular complexity index is 947. The van der Waals surface area contributed by atoms with Crippen LogP contribution in [-0.2, 0) is 16.8 Å². The molecule has 5 rings (SSSR count). The maximum atomic E-state index is 13.3. The predicted octanol–water partition coefficient (Wildman–Crippen LogP) is 3.19. The van der Waals surface area contributed by atoms with E-state index in [4.69, 9.17) is 0 Å². The Labute approximate surface area is 190 Å². The summed E-state index contributed by atoms with van der Waals surface area (Å²) < 4.78 is 0. The van der Waals surface area contributed by atoms with E-state index in [1.807, 2.05) is 17.0 Å². The third kappa shape index (κ3) is 4.14. The van der Waals surface area contributed by atoms with E-state index in [1.165, 1.54) is 11.3 Å². The summed E-state index contributed by atoms with van der Waals surface area (Å²) in [6, 6.07) is 12.4. The number of benzene rings is 1. The lowest BCUT2D eigenvalue weighted by atomic mass is 9.96. The second-order valence-electron chi connectivity index (χ2n) is 9.74. The van der Waals surface area contributed by atoms with Gasteiger partial charge in [0.1, 0.15) is 5.60 Å². The molecule has 2 aliphatic heterocycles. The van der Waals surface area contributed by atoms with Gasteiger partial charge in [-0.05, 0) is 56.5 Å². The molecule has 1 aliphatic carbocycles. The van der Waals surface area contributed by atoms with Gasteiger partial charge in [0.05, 0.1) is 17.6 Å². The van der Waals surface area contributed by atoms with Crippen LogP contribution in [0.5, 0.6) is 0 Å². The first kappa shape index (κ1) is 21.4. The van der Waals surface area contributed by atoms with Crippen LogP contribution in [0.3, 0.4) is 0 Å². The monoisotopic (exact) mass is 434 g/mol. The molecule has 0 radical (unpaired) electrons. The molecule has 1 N–H and O–H groups in total. The van der Waals surface area contributed by atoms with Crippen molar-refractivity contribution in [2.75, 3.05) is 49.6 Å². The first-order chi connectivity index (χ1) is 15.5. The van der Waals surface area contributed by atoms with E-state index >= 15 is 0 Å². The summed E-state index contributed by atoms with van der Waals surface area (Å²) in [6.07, 6.45) is 7.05. The van der Waals surface area contributed by atoms with E-state index < -0.39 is 5.60 Å². The van der Waals surface area contributed by atoms with Crippen LogP contribution < -0.4 is 9.80 Å². The molecular weight excluding hydrogens is 400 g/mol.